The maximum absolute atomic E-state index is 12.2. The van der Waals surface area contributed by atoms with Gasteiger partial charge in [-0.1, -0.05) is 188 Å². The lowest BCUT2D eigenvalue weighted by molar-refractivity contribution is -0.119. The van der Waals surface area contributed by atoms with Crippen LogP contribution >= 0.6 is 12.6 Å². The molecule has 0 saturated heterocycles. The van der Waals surface area contributed by atoms with Crippen LogP contribution in [-0.4, -0.2) is 5.12 Å². The fourth-order valence-corrected chi connectivity index (χ4v) is 5.63. The van der Waals surface area contributed by atoms with Crippen molar-refractivity contribution in [3.8, 4) is 0 Å². The maximum atomic E-state index is 12.2. The van der Waals surface area contributed by atoms with Crippen LogP contribution in [0.2, 0.25) is 0 Å². The van der Waals surface area contributed by atoms with Gasteiger partial charge in [0, 0.05) is 5.41 Å². The van der Waals surface area contributed by atoms with E-state index in [1.165, 1.54) is 167 Å². The van der Waals surface area contributed by atoms with Gasteiger partial charge >= 0.3 is 0 Å². The van der Waals surface area contributed by atoms with E-state index in [0.29, 0.717) is 0 Å². The summed E-state index contributed by atoms with van der Waals surface area (Å²) in [4.78, 5) is 12.2. The molecule has 0 aromatic heterocycles. The number of hydrogen-bond acceptors (Lipinski definition) is 1. The Bertz CT molecular complexity index is 435. The predicted molar refractivity (Wildman–Crippen MR) is 163 cm³/mol. The minimum atomic E-state index is -0.195. The molecule has 0 bridgehead atoms. The highest BCUT2D eigenvalue weighted by atomic mass is 32.1. The zero-order valence-electron chi connectivity index (χ0n) is 24.7. The van der Waals surface area contributed by atoms with Gasteiger partial charge < -0.3 is 0 Å². The Morgan fingerprint density at radius 3 is 0.829 bits per heavy atom. The summed E-state index contributed by atoms with van der Waals surface area (Å²) in [6.45, 7) is 6.74. The average molecular weight is 511 g/mol. The second-order valence-corrected chi connectivity index (χ2v) is 12.3. The van der Waals surface area contributed by atoms with Crippen LogP contribution in [0.25, 0.3) is 0 Å². The lowest BCUT2D eigenvalue weighted by Crippen LogP contribution is -2.24. The first-order valence-corrected chi connectivity index (χ1v) is 16.7. The number of rotatable bonds is 29. The highest BCUT2D eigenvalue weighted by Gasteiger charge is 2.29. The Morgan fingerprint density at radius 2 is 0.629 bits per heavy atom. The van der Waals surface area contributed by atoms with Crippen LogP contribution in [-0.2, 0) is 4.79 Å². The first-order chi connectivity index (χ1) is 17.1. The fourth-order valence-electron chi connectivity index (χ4n) is 5.40. The molecule has 1 nitrogen and oxygen atoms in total. The Kier molecular flexibility index (Phi) is 27.1. The second kappa shape index (κ2) is 27.1. The summed E-state index contributed by atoms with van der Waals surface area (Å²) in [5.74, 6) is 0. The molecule has 2 heteroatoms. The van der Waals surface area contributed by atoms with Gasteiger partial charge in [0.1, 0.15) is 0 Å². The topological polar surface area (TPSA) is 17.1 Å². The molecule has 0 aliphatic rings. The van der Waals surface area contributed by atoms with Crippen LogP contribution in [0.4, 0.5) is 0 Å². The zero-order chi connectivity index (χ0) is 25.9. The Labute approximate surface area is 228 Å². The van der Waals surface area contributed by atoms with E-state index in [2.05, 4.69) is 33.4 Å². The van der Waals surface area contributed by atoms with Gasteiger partial charge in [-0.05, 0) is 12.8 Å². The van der Waals surface area contributed by atoms with Gasteiger partial charge in [-0.3, -0.25) is 4.79 Å². The number of thiol groups is 1. The summed E-state index contributed by atoms with van der Waals surface area (Å²) in [6, 6.07) is 0. The third kappa shape index (κ3) is 24.1. The van der Waals surface area contributed by atoms with Gasteiger partial charge in [0.05, 0.1) is 0 Å². The van der Waals surface area contributed by atoms with Crippen molar-refractivity contribution in [1.82, 2.24) is 0 Å². The van der Waals surface area contributed by atoms with Crippen LogP contribution < -0.4 is 0 Å². The van der Waals surface area contributed by atoms with Gasteiger partial charge in [-0.2, -0.15) is 0 Å². The summed E-state index contributed by atoms with van der Waals surface area (Å²) >= 11 is 4.27. The summed E-state index contributed by atoms with van der Waals surface area (Å²) in [5, 5.41) is 0.120. The minimum Gasteiger partial charge on any atom is -0.287 e. The molecule has 0 fully saturated rings. The van der Waals surface area contributed by atoms with Crippen molar-refractivity contribution in [2.45, 2.75) is 201 Å². The van der Waals surface area contributed by atoms with E-state index in [4.69, 9.17) is 0 Å². The molecule has 210 valence electrons. The van der Waals surface area contributed by atoms with Crippen LogP contribution in [0.1, 0.15) is 201 Å². The minimum absolute atomic E-state index is 0.120. The molecule has 0 aromatic rings. The Morgan fingerprint density at radius 1 is 0.429 bits per heavy atom. The van der Waals surface area contributed by atoms with Crippen LogP contribution in [0.5, 0.6) is 0 Å². The summed E-state index contributed by atoms with van der Waals surface area (Å²) in [6.07, 6.45) is 38.0. The lowest BCUT2D eigenvalue weighted by Gasteiger charge is -2.26. The van der Waals surface area contributed by atoms with Crippen molar-refractivity contribution in [3.05, 3.63) is 0 Å². The van der Waals surface area contributed by atoms with Gasteiger partial charge in [0.25, 0.3) is 0 Å². The van der Waals surface area contributed by atoms with E-state index in [9.17, 15) is 4.79 Å². The van der Waals surface area contributed by atoms with Crippen LogP contribution in [0.3, 0.4) is 0 Å². The molecule has 0 heterocycles. The standard InChI is InChI=1S/C33H66OS/c1-4-6-8-10-12-14-16-17-18-19-20-21-23-25-27-29-31-33(3,32(34)35)30-28-26-24-22-15-13-11-9-7-5-2/h4-31H2,1-3H3,(H,34,35). The molecule has 1 unspecified atom stereocenters. The monoisotopic (exact) mass is 510 g/mol. The van der Waals surface area contributed by atoms with Gasteiger partial charge in [-0.15, -0.1) is 12.6 Å². The first kappa shape index (κ1) is 35.0. The highest BCUT2D eigenvalue weighted by molar-refractivity contribution is 7.96. The van der Waals surface area contributed by atoms with Crippen molar-refractivity contribution in [2.75, 3.05) is 0 Å². The number of unbranched alkanes of at least 4 members (excludes halogenated alkanes) is 24. The first-order valence-electron chi connectivity index (χ1n) is 16.3. The van der Waals surface area contributed by atoms with Gasteiger partial charge in [-0.25, -0.2) is 0 Å². The number of carbonyl (C=O) groups excluding carboxylic acids is 1. The number of carbonyl (C=O) groups is 1. The second-order valence-electron chi connectivity index (χ2n) is 11.9. The average Bonchev–Trinajstić information content (AvgIpc) is 2.84. The molecule has 0 saturated carbocycles. The molecule has 1 atom stereocenters. The molecule has 0 aromatic carbocycles. The summed E-state index contributed by atoms with van der Waals surface area (Å²) in [7, 11) is 0. The molecule has 35 heavy (non-hydrogen) atoms. The van der Waals surface area contributed by atoms with Gasteiger partial charge in [0.15, 0.2) is 5.12 Å². The molecule has 0 rings (SSSR count). The van der Waals surface area contributed by atoms with Crippen molar-refractivity contribution >= 4 is 17.7 Å². The highest BCUT2D eigenvalue weighted by Crippen LogP contribution is 2.33. The van der Waals surface area contributed by atoms with E-state index in [1.807, 2.05) is 0 Å². The van der Waals surface area contributed by atoms with Crippen molar-refractivity contribution < 1.29 is 4.79 Å². The van der Waals surface area contributed by atoms with E-state index >= 15 is 0 Å². The normalized spacial score (nSPS) is 13.3. The molecular formula is C33H66OS. The molecule has 0 amide bonds. The Hall–Kier alpha value is 0.0200. The fraction of sp³-hybridized carbons (Fsp3) is 0.970. The predicted octanol–water partition coefficient (Wildman–Crippen LogP) is 12.4. The third-order valence-corrected chi connectivity index (χ3v) is 8.72. The SMILES string of the molecule is CCCCCCCCCCCCCCCCCCC(C)(CCCCCCCCCCCC)C(=O)S. The number of hydrogen-bond donors (Lipinski definition) is 1. The van der Waals surface area contributed by atoms with Crippen molar-refractivity contribution in [2.24, 2.45) is 5.41 Å². The molecule has 0 aliphatic carbocycles. The van der Waals surface area contributed by atoms with E-state index < -0.39 is 0 Å². The smallest absolute Gasteiger partial charge is 0.191 e. The van der Waals surface area contributed by atoms with Crippen molar-refractivity contribution in [1.29, 1.82) is 0 Å². The summed E-state index contributed by atoms with van der Waals surface area (Å²) in [5.41, 5.74) is -0.195. The van der Waals surface area contributed by atoms with Crippen molar-refractivity contribution in [3.63, 3.8) is 0 Å². The lowest BCUT2D eigenvalue weighted by atomic mass is 9.81. The molecule has 0 N–H and O–H groups in total. The zero-order valence-corrected chi connectivity index (χ0v) is 25.5. The Balaban J connectivity index is 3.54. The molecule has 0 aliphatic heterocycles. The molecular weight excluding hydrogens is 444 g/mol. The van der Waals surface area contributed by atoms with Crippen LogP contribution in [0.15, 0.2) is 0 Å². The van der Waals surface area contributed by atoms with Crippen LogP contribution in [0, 0.1) is 5.41 Å². The largest absolute Gasteiger partial charge is 0.287 e. The van der Waals surface area contributed by atoms with E-state index in [-0.39, 0.29) is 10.5 Å². The maximum Gasteiger partial charge on any atom is 0.191 e. The molecule has 0 radical (unpaired) electrons. The van der Waals surface area contributed by atoms with E-state index in [1.54, 1.807) is 0 Å². The third-order valence-electron chi connectivity index (χ3n) is 8.18. The van der Waals surface area contributed by atoms with Gasteiger partial charge in [0.2, 0.25) is 0 Å². The quantitative estimate of drug-likeness (QED) is 0.0781. The molecule has 0 spiro atoms. The summed E-state index contributed by atoms with van der Waals surface area (Å²) < 4.78 is 0. The van der Waals surface area contributed by atoms with E-state index in [0.717, 1.165) is 12.8 Å².